The molecule has 84 valence electrons. The number of hydrogen-bond donors (Lipinski definition) is 1. The van der Waals surface area contributed by atoms with Gasteiger partial charge in [0.15, 0.2) is 0 Å². The SMILES string of the molecule is Fc1cc(Br)ccc1-c1nc2ccccc2[nH]1. The number of aromatic nitrogens is 2. The topological polar surface area (TPSA) is 28.7 Å². The molecular weight excluding hydrogens is 283 g/mol. The minimum absolute atomic E-state index is 0.293. The van der Waals surface area contributed by atoms with Gasteiger partial charge in [-0.3, -0.25) is 0 Å². The molecule has 0 aliphatic heterocycles. The van der Waals surface area contributed by atoms with Gasteiger partial charge < -0.3 is 4.98 Å². The minimum atomic E-state index is -0.293. The molecule has 1 N–H and O–H groups in total. The number of H-pyrrole nitrogens is 1. The van der Waals surface area contributed by atoms with E-state index in [1.54, 1.807) is 12.1 Å². The van der Waals surface area contributed by atoms with Crippen molar-refractivity contribution in [1.82, 2.24) is 9.97 Å². The third-order valence-electron chi connectivity index (χ3n) is 2.58. The molecule has 3 aromatic rings. The number of para-hydroxylation sites is 2. The van der Waals surface area contributed by atoms with Crippen molar-refractivity contribution in [3.8, 4) is 11.4 Å². The average Bonchev–Trinajstić information content (AvgIpc) is 2.72. The molecule has 0 radical (unpaired) electrons. The molecule has 0 saturated heterocycles. The lowest BCUT2D eigenvalue weighted by atomic mass is 10.2. The van der Waals surface area contributed by atoms with Gasteiger partial charge in [-0.1, -0.05) is 28.1 Å². The van der Waals surface area contributed by atoms with Crippen molar-refractivity contribution in [2.75, 3.05) is 0 Å². The fourth-order valence-electron chi connectivity index (χ4n) is 1.76. The Kier molecular flexibility index (Phi) is 2.44. The summed E-state index contributed by atoms with van der Waals surface area (Å²) in [6.07, 6.45) is 0. The molecule has 2 aromatic carbocycles. The quantitative estimate of drug-likeness (QED) is 0.717. The lowest BCUT2D eigenvalue weighted by molar-refractivity contribution is 0.629. The maximum absolute atomic E-state index is 13.8. The van der Waals surface area contributed by atoms with Crippen LogP contribution in [0.1, 0.15) is 0 Å². The third kappa shape index (κ3) is 1.85. The van der Waals surface area contributed by atoms with Crippen LogP contribution in [0.4, 0.5) is 4.39 Å². The highest BCUT2D eigenvalue weighted by Crippen LogP contribution is 2.25. The second-order valence-corrected chi connectivity index (χ2v) is 4.64. The van der Waals surface area contributed by atoms with Crippen LogP contribution < -0.4 is 0 Å². The molecule has 0 fully saturated rings. The monoisotopic (exact) mass is 290 g/mol. The zero-order chi connectivity index (χ0) is 11.8. The van der Waals surface area contributed by atoms with Crippen molar-refractivity contribution < 1.29 is 4.39 Å². The van der Waals surface area contributed by atoms with E-state index in [2.05, 4.69) is 25.9 Å². The first-order valence-corrected chi connectivity index (χ1v) is 5.93. The highest BCUT2D eigenvalue weighted by atomic mass is 79.9. The average molecular weight is 291 g/mol. The smallest absolute Gasteiger partial charge is 0.141 e. The number of aromatic amines is 1. The van der Waals surface area contributed by atoms with Gasteiger partial charge in [-0.25, -0.2) is 9.37 Å². The van der Waals surface area contributed by atoms with Gasteiger partial charge >= 0.3 is 0 Å². The summed E-state index contributed by atoms with van der Waals surface area (Å²) in [5.74, 6) is 0.259. The zero-order valence-electron chi connectivity index (χ0n) is 8.74. The van der Waals surface area contributed by atoms with Gasteiger partial charge in [0, 0.05) is 4.47 Å². The number of halogens is 2. The summed E-state index contributed by atoms with van der Waals surface area (Å²) in [5, 5.41) is 0. The van der Waals surface area contributed by atoms with Gasteiger partial charge in [-0.15, -0.1) is 0 Å². The molecule has 17 heavy (non-hydrogen) atoms. The molecular formula is C13H8BrFN2. The summed E-state index contributed by atoms with van der Waals surface area (Å²) in [6.45, 7) is 0. The Bertz CT molecular complexity index is 658. The highest BCUT2D eigenvalue weighted by Gasteiger charge is 2.09. The zero-order valence-corrected chi connectivity index (χ0v) is 10.3. The fourth-order valence-corrected chi connectivity index (χ4v) is 2.10. The summed E-state index contributed by atoms with van der Waals surface area (Å²) in [5.41, 5.74) is 2.22. The number of imidazole rings is 1. The van der Waals surface area contributed by atoms with Crippen molar-refractivity contribution in [1.29, 1.82) is 0 Å². The van der Waals surface area contributed by atoms with Crippen LogP contribution in [-0.2, 0) is 0 Å². The van der Waals surface area contributed by atoms with E-state index >= 15 is 0 Å². The van der Waals surface area contributed by atoms with E-state index in [0.717, 1.165) is 15.5 Å². The molecule has 1 aromatic heterocycles. The minimum Gasteiger partial charge on any atom is -0.338 e. The van der Waals surface area contributed by atoms with Crippen LogP contribution in [0.25, 0.3) is 22.4 Å². The predicted molar refractivity (Wildman–Crippen MR) is 69.2 cm³/mol. The van der Waals surface area contributed by atoms with E-state index in [0.29, 0.717) is 11.4 Å². The Morgan fingerprint density at radius 2 is 1.94 bits per heavy atom. The lowest BCUT2D eigenvalue weighted by Gasteiger charge is -1.99. The van der Waals surface area contributed by atoms with Crippen molar-refractivity contribution in [2.24, 2.45) is 0 Å². The lowest BCUT2D eigenvalue weighted by Crippen LogP contribution is -1.86. The predicted octanol–water partition coefficient (Wildman–Crippen LogP) is 4.13. The molecule has 4 heteroatoms. The van der Waals surface area contributed by atoms with Crippen LogP contribution in [0.5, 0.6) is 0 Å². The van der Waals surface area contributed by atoms with Crippen LogP contribution in [0.3, 0.4) is 0 Å². The fraction of sp³-hybridized carbons (Fsp3) is 0. The first kappa shape index (κ1) is 10.5. The van der Waals surface area contributed by atoms with E-state index in [4.69, 9.17) is 0 Å². The highest BCUT2D eigenvalue weighted by molar-refractivity contribution is 9.10. The number of nitrogens with one attached hydrogen (secondary N) is 1. The normalized spacial score (nSPS) is 10.9. The van der Waals surface area contributed by atoms with E-state index in [9.17, 15) is 4.39 Å². The van der Waals surface area contributed by atoms with Gasteiger partial charge in [-0.2, -0.15) is 0 Å². The van der Waals surface area contributed by atoms with Gasteiger partial charge in [-0.05, 0) is 30.3 Å². The van der Waals surface area contributed by atoms with Crippen molar-refractivity contribution in [3.05, 3.63) is 52.8 Å². The maximum Gasteiger partial charge on any atom is 0.141 e. The molecule has 0 aliphatic carbocycles. The van der Waals surface area contributed by atoms with E-state index in [1.807, 2.05) is 24.3 Å². The largest absolute Gasteiger partial charge is 0.338 e. The molecule has 0 amide bonds. The van der Waals surface area contributed by atoms with Crippen LogP contribution in [0.2, 0.25) is 0 Å². The molecule has 2 nitrogen and oxygen atoms in total. The Morgan fingerprint density at radius 3 is 2.71 bits per heavy atom. The number of hydrogen-bond acceptors (Lipinski definition) is 1. The second kappa shape index (κ2) is 3.96. The van der Waals surface area contributed by atoms with Gasteiger partial charge in [0.05, 0.1) is 16.6 Å². The molecule has 0 saturated carbocycles. The van der Waals surface area contributed by atoms with Crippen LogP contribution >= 0.6 is 15.9 Å². The first-order chi connectivity index (χ1) is 8.24. The Hall–Kier alpha value is -1.68. The summed E-state index contributed by atoms with van der Waals surface area (Å²) in [4.78, 5) is 7.47. The Labute approximate surface area is 106 Å². The second-order valence-electron chi connectivity index (χ2n) is 3.73. The molecule has 0 spiro atoms. The van der Waals surface area contributed by atoms with E-state index in [-0.39, 0.29) is 5.82 Å². The van der Waals surface area contributed by atoms with Crippen molar-refractivity contribution in [2.45, 2.75) is 0 Å². The Morgan fingerprint density at radius 1 is 1.12 bits per heavy atom. The van der Waals surface area contributed by atoms with E-state index in [1.165, 1.54) is 6.07 Å². The van der Waals surface area contributed by atoms with Crippen LogP contribution in [-0.4, -0.2) is 9.97 Å². The van der Waals surface area contributed by atoms with Crippen molar-refractivity contribution in [3.63, 3.8) is 0 Å². The third-order valence-corrected chi connectivity index (χ3v) is 3.07. The number of nitrogens with zero attached hydrogens (tertiary/aromatic N) is 1. The summed E-state index contributed by atoms with van der Waals surface area (Å²) < 4.78 is 14.5. The van der Waals surface area contributed by atoms with E-state index < -0.39 is 0 Å². The molecule has 3 rings (SSSR count). The first-order valence-electron chi connectivity index (χ1n) is 5.14. The summed E-state index contributed by atoms with van der Waals surface area (Å²) in [6, 6.07) is 12.6. The number of benzene rings is 2. The molecule has 1 heterocycles. The standard InChI is InChI=1S/C13H8BrFN2/c14-8-5-6-9(10(15)7-8)13-16-11-3-1-2-4-12(11)17-13/h1-7H,(H,16,17). The van der Waals surface area contributed by atoms with Gasteiger partial charge in [0.2, 0.25) is 0 Å². The summed E-state index contributed by atoms with van der Waals surface area (Å²) in [7, 11) is 0. The molecule has 0 aliphatic rings. The number of rotatable bonds is 1. The molecule has 0 unspecified atom stereocenters. The molecule has 0 bridgehead atoms. The molecule has 0 atom stereocenters. The summed E-state index contributed by atoms with van der Waals surface area (Å²) >= 11 is 3.23. The van der Waals surface area contributed by atoms with Gasteiger partial charge in [0.1, 0.15) is 11.6 Å². The van der Waals surface area contributed by atoms with Crippen LogP contribution in [0.15, 0.2) is 46.9 Å². The Balaban J connectivity index is 2.20. The van der Waals surface area contributed by atoms with Crippen molar-refractivity contribution >= 4 is 27.0 Å². The van der Waals surface area contributed by atoms with Crippen LogP contribution in [0, 0.1) is 5.82 Å². The number of fused-ring (bicyclic) bond motifs is 1. The van der Waals surface area contributed by atoms with Gasteiger partial charge in [0.25, 0.3) is 0 Å². The maximum atomic E-state index is 13.8.